The van der Waals surface area contributed by atoms with Crippen LogP contribution in [0.25, 0.3) is 0 Å². The summed E-state index contributed by atoms with van der Waals surface area (Å²) in [5.74, 6) is -0.194. The van der Waals surface area contributed by atoms with Crippen LogP contribution in [-0.2, 0) is 9.47 Å². The Balaban J connectivity index is 2.20. The van der Waals surface area contributed by atoms with Gasteiger partial charge in [-0.3, -0.25) is 0 Å². The number of ether oxygens (including phenoxy) is 2. The van der Waals surface area contributed by atoms with Crippen molar-refractivity contribution < 1.29 is 14.7 Å². The van der Waals surface area contributed by atoms with Gasteiger partial charge in [-0.25, -0.2) is 0 Å². The third-order valence-corrected chi connectivity index (χ3v) is 3.48. The highest BCUT2D eigenvalue weighted by Crippen LogP contribution is 2.40. The van der Waals surface area contributed by atoms with Gasteiger partial charge in [-0.15, -0.1) is 0 Å². The quantitative estimate of drug-likeness (QED) is 0.495. The summed E-state index contributed by atoms with van der Waals surface area (Å²) in [5.41, 5.74) is 0.650. The molecule has 4 heteroatoms. The lowest BCUT2D eigenvalue weighted by Gasteiger charge is -2.35. The standard InChI is InChI=1S/C11H19NO3/c1-7-4-5-11(10(6-7)12-13)14-8(2)9(3)15-11/h7-9,13H,4-6H2,1-3H3. The second-order valence-corrected chi connectivity index (χ2v) is 4.79. The molecule has 15 heavy (non-hydrogen) atoms. The minimum absolute atomic E-state index is 0.0650. The van der Waals surface area contributed by atoms with E-state index in [-0.39, 0.29) is 12.2 Å². The Morgan fingerprint density at radius 1 is 1.27 bits per heavy atom. The highest BCUT2D eigenvalue weighted by molar-refractivity contribution is 5.92. The van der Waals surface area contributed by atoms with Gasteiger partial charge in [0.25, 0.3) is 0 Å². The molecule has 1 saturated heterocycles. The summed E-state index contributed by atoms with van der Waals surface area (Å²) in [7, 11) is 0. The molecule has 0 amide bonds. The van der Waals surface area contributed by atoms with Crippen LogP contribution in [0.1, 0.15) is 40.0 Å². The van der Waals surface area contributed by atoms with E-state index in [0.29, 0.717) is 11.6 Å². The normalized spacial score (nSPS) is 49.0. The number of nitrogens with zero attached hydrogens (tertiary/aromatic N) is 1. The minimum Gasteiger partial charge on any atom is -0.411 e. The van der Waals surface area contributed by atoms with Crippen molar-refractivity contribution in [2.45, 2.75) is 58.0 Å². The average molecular weight is 213 g/mol. The molecule has 4 nitrogen and oxygen atoms in total. The molecule has 3 unspecified atom stereocenters. The molecule has 0 radical (unpaired) electrons. The SMILES string of the molecule is CC1CCC2(OC(C)C(C)O2)C(=NO)C1. The summed E-state index contributed by atoms with van der Waals surface area (Å²) >= 11 is 0. The lowest BCUT2D eigenvalue weighted by atomic mass is 9.84. The maximum Gasteiger partial charge on any atom is 0.212 e. The van der Waals surface area contributed by atoms with Gasteiger partial charge in [0.1, 0.15) is 5.71 Å². The molecule has 3 atom stereocenters. The first-order chi connectivity index (χ1) is 7.07. The van der Waals surface area contributed by atoms with Gasteiger partial charge in [0, 0.05) is 6.42 Å². The van der Waals surface area contributed by atoms with Crippen molar-refractivity contribution in [2.24, 2.45) is 11.1 Å². The average Bonchev–Trinajstić information content (AvgIpc) is 2.48. The summed E-state index contributed by atoms with van der Waals surface area (Å²) < 4.78 is 11.7. The second kappa shape index (κ2) is 3.76. The Labute approximate surface area is 90.2 Å². The molecule has 2 aliphatic rings. The van der Waals surface area contributed by atoms with E-state index >= 15 is 0 Å². The highest BCUT2D eigenvalue weighted by Gasteiger charge is 2.50. The molecule has 1 spiro atoms. The monoisotopic (exact) mass is 213 g/mol. The van der Waals surface area contributed by atoms with Crippen LogP contribution in [-0.4, -0.2) is 28.9 Å². The predicted octanol–water partition coefficient (Wildman–Crippen LogP) is 2.16. The molecule has 1 aliphatic carbocycles. The first-order valence-electron chi connectivity index (χ1n) is 5.64. The van der Waals surface area contributed by atoms with Crippen molar-refractivity contribution in [3.8, 4) is 0 Å². The Morgan fingerprint density at radius 3 is 2.40 bits per heavy atom. The van der Waals surface area contributed by atoms with E-state index in [0.717, 1.165) is 19.3 Å². The van der Waals surface area contributed by atoms with Crippen molar-refractivity contribution in [3.63, 3.8) is 0 Å². The molecule has 1 aliphatic heterocycles. The molecule has 1 heterocycles. The summed E-state index contributed by atoms with van der Waals surface area (Å²) in [6.45, 7) is 6.14. The summed E-state index contributed by atoms with van der Waals surface area (Å²) in [6, 6.07) is 0. The van der Waals surface area contributed by atoms with Crippen LogP contribution in [0.5, 0.6) is 0 Å². The third-order valence-electron chi connectivity index (χ3n) is 3.48. The van der Waals surface area contributed by atoms with Crippen molar-refractivity contribution >= 4 is 5.71 Å². The fraction of sp³-hybridized carbons (Fsp3) is 0.909. The fourth-order valence-corrected chi connectivity index (χ4v) is 2.36. The minimum atomic E-state index is -0.736. The highest BCUT2D eigenvalue weighted by atomic mass is 16.8. The second-order valence-electron chi connectivity index (χ2n) is 4.79. The predicted molar refractivity (Wildman–Crippen MR) is 56.1 cm³/mol. The fourth-order valence-electron chi connectivity index (χ4n) is 2.36. The Bertz CT molecular complexity index is 267. The zero-order chi connectivity index (χ0) is 11.1. The molecule has 0 aromatic rings. The van der Waals surface area contributed by atoms with E-state index in [1.54, 1.807) is 0 Å². The Kier molecular flexibility index (Phi) is 2.73. The van der Waals surface area contributed by atoms with Crippen molar-refractivity contribution in [2.75, 3.05) is 0 Å². The lowest BCUT2D eigenvalue weighted by molar-refractivity contribution is -0.132. The maximum absolute atomic E-state index is 9.03. The van der Waals surface area contributed by atoms with E-state index in [9.17, 15) is 0 Å². The summed E-state index contributed by atoms with van der Waals surface area (Å²) in [4.78, 5) is 0. The van der Waals surface area contributed by atoms with Gasteiger partial charge >= 0.3 is 0 Å². The molecule has 0 bridgehead atoms. The van der Waals surface area contributed by atoms with Gasteiger partial charge in [-0.05, 0) is 32.6 Å². The smallest absolute Gasteiger partial charge is 0.212 e. The molecule has 86 valence electrons. The van der Waals surface area contributed by atoms with Crippen LogP contribution in [0.2, 0.25) is 0 Å². The molecule has 0 aromatic heterocycles. The Hall–Kier alpha value is -0.610. The van der Waals surface area contributed by atoms with Gasteiger partial charge in [0.2, 0.25) is 5.79 Å². The zero-order valence-corrected chi connectivity index (χ0v) is 9.56. The molecule has 2 rings (SSSR count). The van der Waals surface area contributed by atoms with E-state index < -0.39 is 5.79 Å². The van der Waals surface area contributed by atoms with Crippen LogP contribution in [0.3, 0.4) is 0 Å². The van der Waals surface area contributed by atoms with E-state index in [4.69, 9.17) is 14.7 Å². The molecular weight excluding hydrogens is 194 g/mol. The van der Waals surface area contributed by atoms with Gasteiger partial charge < -0.3 is 14.7 Å². The van der Waals surface area contributed by atoms with Gasteiger partial charge in [-0.2, -0.15) is 0 Å². The molecular formula is C11H19NO3. The van der Waals surface area contributed by atoms with Crippen molar-refractivity contribution in [1.82, 2.24) is 0 Å². The van der Waals surface area contributed by atoms with E-state index in [1.165, 1.54) is 0 Å². The molecule has 1 saturated carbocycles. The molecule has 1 N–H and O–H groups in total. The maximum atomic E-state index is 9.03. The van der Waals surface area contributed by atoms with Crippen molar-refractivity contribution in [3.05, 3.63) is 0 Å². The van der Waals surface area contributed by atoms with Crippen LogP contribution in [0, 0.1) is 5.92 Å². The topological polar surface area (TPSA) is 51.0 Å². The third kappa shape index (κ3) is 1.76. The van der Waals surface area contributed by atoms with Gasteiger partial charge in [-0.1, -0.05) is 12.1 Å². The van der Waals surface area contributed by atoms with Gasteiger partial charge in [0.15, 0.2) is 0 Å². The number of rotatable bonds is 0. The summed E-state index contributed by atoms with van der Waals surface area (Å²) in [5, 5.41) is 12.4. The van der Waals surface area contributed by atoms with Crippen LogP contribution >= 0.6 is 0 Å². The summed E-state index contributed by atoms with van der Waals surface area (Å²) in [6.07, 6.45) is 2.74. The molecule has 0 aromatic carbocycles. The Morgan fingerprint density at radius 2 is 1.87 bits per heavy atom. The van der Waals surface area contributed by atoms with Crippen LogP contribution in [0.4, 0.5) is 0 Å². The first kappa shape index (κ1) is 10.9. The van der Waals surface area contributed by atoms with Crippen molar-refractivity contribution in [1.29, 1.82) is 0 Å². The largest absolute Gasteiger partial charge is 0.411 e. The van der Waals surface area contributed by atoms with Gasteiger partial charge in [0.05, 0.1) is 12.2 Å². The lowest BCUT2D eigenvalue weighted by Crippen LogP contribution is -2.45. The van der Waals surface area contributed by atoms with E-state index in [2.05, 4.69) is 12.1 Å². The zero-order valence-electron chi connectivity index (χ0n) is 9.56. The molecule has 2 fully saturated rings. The number of hydrogen-bond acceptors (Lipinski definition) is 4. The first-order valence-corrected chi connectivity index (χ1v) is 5.64. The number of hydrogen-bond donors (Lipinski definition) is 1. The van der Waals surface area contributed by atoms with E-state index in [1.807, 2.05) is 13.8 Å². The van der Waals surface area contributed by atoms with Crippen LogP contribution in [0.15, 0.2) is 5.16 Å². The van der Waals surface area contributed by atoms with Crippen LogP contribution < -0.4 is 0 Å². The number of oxime groups is 1.